The van der Waals surface area contributed by atoms with Crippen LogP contribution in [0.5, 0.6) is 0 Å². The Morgan fingerprint density at radius 2 is 1.95 bits per heavy atom. The lowest BCUT2D eigenvalue weighted by molar-refractivity contribution is 0.311. The number of hydrogen-bond donors (Lipinski definition) is 1. The molecule has 1 aromatic heterocycles. The van der Waals surface area contributed by atoms with Crippen molar-refractivity contribution < 1.29 is 0 Å². The predicted molar refractivity (Wildman–Crippen MR) is 89.4 cm³/mol. The van der Waals surface area contributed by atoms with Gasteiger partial charge in [-0.2, -0.15) is 0 Å². The molecule has 1 aliphatic heterocycles. The van der Waals surface area contributed by atoms with Gasteiger partial charge in [0.1, 0.15) is 5.82 Å². The smallest absolute Gasteiger partial charge is 0.136 e. The molecular formula is C18H25N3. The molecule has 0 radical (unpaired) electrons. The Labute approximate surface area is 127 Å². The Morgan fingerprint density at radius 1 is 1.24 bits per heavy atom. The van der Waals surface area contributed by atoms with Crippen LogP contribution < -0.4 is 10.6 Å². The van der Waals surface area contributed by atoms with Gasteiger partial charge in [0.05, 0.1) is 5.69 Å². The number of rotatable bonds is 3. The highest BCUT2D eigenvalue weighted by Gasteiger charge is 2.23. The molecule has 1 aromatic carbocycles. The summed E-state index contributed by atoms with van der Waals surface area (Å²) in [6.45, 7) is 7.38. The van der Waals surface area contributed by atoms with E-state index in [1.165, 1.54) is 23.6 Å². The fourth-order valence-corrected chi connectivity index (χ4v) is 3.36. The Morgan fingerprint density at radius 3 is 2.62 bits per heavy atom. The van der Waals surface area contributed by atoms with Gasteiger partial charge in [0.2, 0.25) is 0 Å². The summed E-state index contributed by atoms with van der Waals surface area (Å²) >= 11 is 0. The van der Waals surface area contributed by atoms with Crippen molar-refractivity contribution in [1.82, 2.24) is 4.98 Å². The van der Waals surface area contributed by atoms with Gasteiger partial charge in [0.15, 0.2) is 0 Å². The zero-order valence-electron chi connectivity index (χ0n) is 13.0. The van der Waals surface area contributed by atoms with Crippen LogP contribution in [0.3, 0.4) is 0 Å². The minimum atomic E-state index is 0.500. The minimum Gasteiger partial charge on any atom is -0.356 e. The van der Waals surface area contributed by atoms with E-state index in [2.05, 4.69) is 49.1 Å². The number of anilines is 1. The first kappa shape index (κ1) is 14.3. The summed E-state index contributed by atoms with van der Waals surface area (Å²) in [6, 6.07) is 10.6. The van der Waals surface area contributed by atoms with E-state index >= 15 is 0 Å². The van der Waals surface area contributed by atoms with Crippen LogP contribution in [0.2, 0.25) is 0 Å². The molecular weight excluding hydrogens is 258 g/mol. The second-order valence-corrected chi connectivity index (χ2v) is 6.43. The number of nitrogens with zero attached hydrogens (tertiary/aromatic N) is 2. The first-order valence-corrected chi connectivity index (χ1v) is 8.02. The van der Waals surface area contributed by atoms with Gasteiger partial charge < -0.3 is 10.6 Å². The summed E-state index contributed by atoms with van der Waals surface area (Å²) in [5, 5.41) is 2.49. The van der Waals surface area contributed by atoms with Crippen molar-refractivity contribution in [3.05, 3.63) is 36.0 Å². The van der Waals surface area contributed by atoms with Crippen molar-refractivity contribution in [2.45, 2.75) is 33.2 Å². The van der Waals surface area contributed by atoms with Crippen LogP contribution in [0.25, 0.3) is 10.8 Å². The van der Waals surface area contributed by atoms with Gasteiger partial charge in [0, 0.05) is 25.0 Å². The molecule has 1 fully saturated rings. The van der Waals surface area contributed by atoms with Crippen LogP contribution in [0, 0.1) is 11.8 Å². The monoisotopic (exact) mass is 283 g/mol. The van der Waals surface area contributed by atoms with E-state index in [4.69, 9.17) is 10.7 Å². The molecule has 112 valence electrons. The largest absolute Gasteiger partial charge is 0.356 e. The fourth-order valence-electron chi connectivity index (χ4n) is 3.36. The highest BCUT2D eigenvalue weighted by Crippen LogP contribution is 2.31. The summed E-state index contributed by atoms with van der Waals surface area (Å²) in [5.41, 5.74) is 6.80. The molecule has 0 saturated carbocycles. The second kappa shape index (κ2) is 6.02. The average molecular weight is 283 g/mol. The third kappa shape index (κ3) is 2.88. The molecule has 0 atom stereocenters. The fraction of sp³-hybridized carbons (Fsp3) is 0.500. The predicted octanol–water partition coefficient (Wildman–Crippen LogP) is 3.57. The first-order chi connectivity index (χ1) is 10.2. The highest BCUT2D eigenvalue weighted by molar-refractivity contribution is 5.92. The number of piperidine rings is 1. The van der Waals surface area contributed by atoms with Gasteiger partial charge in [-0.05, 0) is 36.1 Å². The molecule has 1 aliphatic rings. The number of aromatic nitrogens is 1. The maximum absolute atomic E-state index is 5.82. The average Bonchev–Trinajstić information content (AvgIpc) is 2.53. The van der Waals surface area contributed by atoms with E-state index in [1.54, 1.807) is 0 Å². The molecule has 0 spiro atoms. The Hall–Kier alpha value is -1.61. The summed E-state index contributed by atoms with van der Waals surface area (Å²) in [7, 11) is 0. The summed E-state index contributed by atoms with van der Waals surface area (Å²) in [6.07, 6.45) is 2.53. The molecule has 1 saturated heterocycles. The van der Waals surface area contributed by atoms with Crippen LogP contribution in [0.4, 0.5) is 5.82 Å². The molecule has 0 unspecified atom stereocenters. The van der Waals surface area contributed by atoms with Crippen molar-refractivity contribution in [2.24, 2.45) is 17.6 Å². The number of nitrogens with two attached hydrogens (primary N) is 1. The standard InChI is InChI=1S/C18H25N3/c1-13(2)14-7-9-21(10-8-14)18-17-6-4-3-5-15(17)11-16(12-19)20-18/h3-6,11,13-14H,7-10,12,19H2,1-2H3. The van der Waals surface area contributed by atoms with Crippen LogP contribution in [-0.4, -0.2) is 18.1 Å². The van der Waals surface area contributed by atoms with E-state index in [-0.39, 0.29) is 0 Å². The van der Waals surface area contributed by atoms with Crippen LogP contribution >= 0.6 is 0 Å². The zero-order valence-corrected chi connectivity index (χ0v) is 13.0. The van der Waals surface area contributed by atoms with Crippen LogP contribution in [-0.2, 0) is 6.54 Å². The lowest BCUT2D eigenvalue weighted by Gasteiger charge is -2.35. The van der Waals surface area contributed by atoms with Gasteiger partial charge in [-0.15, -0.1) is 0 Å². The SMILES string of the molecule is CC(C)C1CCN(c2nc(CN)cc3ccccc23)CC1. The Bertz CT molecular complexity index is 613. The number of pyridine rings is 1. The summed E-state index contributed by atoms with van der Waals surface area (Å²) < 4.78 is 0. The first-order valence-electron chi connectivity index (χ1n) is 8.02. The van der Waals surface area contributed by atoms with Crippen LogP contribution in [0.15, 0.2) is 30.3 Å². The van der Waals surface area contributed by atoms with Crippen molar-refractivity contribution in [3.63, 3.8) is 0 Å². The van der Waals surface area contributed by atoms with E-state index < -0.39 is 0 Å². The molecule has 0 bridgehead atoms. The van der Waals surface area contributed by atoms with Crippen LogP contribution in [0.1, 0.15) is 32.4 Å². The zero-order chi connectivity index (χ0) is 14.8. The minimum absolute atomic E-state index is 0.500. The topological polar surface area (TPSA) is 42.2 Å². The van der Waals surface area contributed by atoms with Gasteiger partial charge in [-0.1, -0.05) is 38.1 Å². The van der Waals surface area contributed by atoms with Gasteiger partial charge in [-0.25, -0.2) is 4.98 Å². The van der Waals surface area contributed by atoms with Crippen molar-refractivity contribution in [1.29, 1.82) is 0 Å². The summed E-state index contributed by atoms with van der Waals surface area (Å²) in [4.78, 5) is 7.26. The second-order valence-electron chi connectivity index (χ2n) is 6.43. The third-order valence-corrected chi connectivity index (χ3v) is 4.76. The normalized spacial score (nSPS) is 16.9. The molecule has 3 nitrogen and oxygen atoms in total. The molecule has 2 aromatic rings. The lowest BCUT2D eigenvalue weighted by atomic mass is 9.86. The number of fused-ring (bicyclic) bond motifs is 1. The molecule has 3 heteroatoms. The van der Waals surface area contributed by atoms with Gasteiger partial charge >= 0.3 is 0 Å². The molecule has 21 heavy (non-hydrogen) atoms. The van der Waals surface area contributed by atoms with Crippen molar-refractivity contribution >= 4 is 16.6 Å². The third-order valence-electron chi connectivity index (χ3n) is 4.76. The van der Waals surface area contributed by atoms with Crippen molar-refractivity contribution in [3.8, 4) is 0 Å². The maximum atomic E-state index is 5.82. The van der Waals surface area contributed by atoms with Gasteiger partial charge in [0.25, 0.3) is 0 Å². The maximum Gasteiger partial charge on any atom is 0.136 e. The molecule has 2 N–H and O–H groups in total. The Balaban J connectivity index is 1.93. The molecule has 0 aliphatic carbocycles. The quantitative estimate of drug-likeness (QED) is 0.936. The van der Waals surface area contributed by atoms with E-state index in [9.17, 15) is 0 Å². The van der Waals surface area contributed by atoms with E-state index in [0.717, 1.165) is 36.4 Å². The number of benzene rings is 1. The molecule has 0 amide bonds. The molecule has 2 heterocycles. The highest BCUT2D eigenvalue weighted by atomic mass is 15.2. The van der Waals surface area contributed by atoms with Crippen molar-refractivity contribution in [2.75, 3.05) is 18.0 Å². The van der Waals surface area contributed by atoms with E-state index in [1.807, 2.05) is 0 Å². The van der Waals surface area contributed by atoms with Gasteiger partial charge in [-0.3, -0.25) is 0 Å². The Kier molecular flexibility index (Phi) is 4.11. The summed E-state index contributed by atoms with van der Waals surface area (Å²) in [5.74, 6) is 2.76. The molecule has 3 rings (SSSR count). The van der Waals surface area contributed by atoms with E-state index in [0.29, 0.717) is 6.54 Å². The number of hydrogen-bond acceptors (Lipinski definition) is 3. The lowest BCUT2D eigenvalue weighted by Crippen LogP contribution is -2.36.